The van der Waals surface area contributed by atoms with Gasteiger partial charge in [-0.05, 0) is 41.0 Å². The Morgan fingerprint density at radius 3 is 2.40 bits per heavy atom. The Balaban J connectivity index is 1.77. The average Bonchev–Trinajstić information content (AvgIpc) is 2.67. The first-order valence-electron chi connectivity index (χ1n) is 8.18. The van der Waals surface area contributed by atoms with Gasteiger partial charge in [0.05, 0.1) is 13.2 Å². The van der Waals surface area contributed by atoms with Crippen LogP contribution in [0.2, 0.25) is 0 Å². The van der Waals surface area contributed by atoms with Crippen LogP contribution in [-0.2, 0) is 9.53 Å². The van der Waals surface area contributed by atoms with Gasteiger partial charge in [-0.3, -0.25) is 9.59 Å². The van der Waals surface area contributed by atoms with Crippen molar-refractivity contribution in [3.8, 4) is 11.1 Å². The summed E-state index contributed by atoms with van der Waals surface area (Å²) in [6, 6.07) is 15.3. The lowest BCUT2D eigenvalue weighted by molar-refractivity contribution is -0.113. The molecule has 1 aliphatic rings. The van der Waals surface area contributed by atoms with Crippen molar-refractivity contribution in [2.45, 2.75) is 0 Å². The van der Waals surface area contributed by atoms with Crippen molar-refractivity contribution >= 4 is 17.9 Å². The van der Waals surface area contributed by atoms with Crippen LogP contribution in [0, 0.1) is 0 Å². The van der Waals surface area contributed by atoms with E-state index < -0.39 is 5.91 Å². The molecule has 2 amide bonds. The quantitative estimate of drug-likeness (QED) is 0.871. The summed E-state index contributed by atoms with van der Waals surface area (Å²) in [4.78, 5) is 25.1. The van der Waals surface area contributed by atoms with Crippen LogP contribution in [0.1, 0.15) is 15.9 Å². The maximum atomic E-state index is 12.5. The molecule has 0 atom stereocenters. The molecule has 5 heteroatoms. The molecule has 0 aliphatic carbocycles. The van der Waals surface area contributed by atoms with Crippen LogP contribution >= 0.6 is 0 Å². The van der Waals surface area contributed by atoms with Crippen LogP contribution in [0.4, 0.5) is 0 Å². The minimum absolute atomic E-state index is 0.0352. The number of carbonyl (C=O) groups is 2. The average molecular weight is 336 g/mol. The maximum Gasteiger partial charge on any atom is 0.254 e. The molecule has 0 radical (unpaired) electrons. The van der Waals surface area contributed by atoms with E-state index in [1.165, 1.54) is 6.08 Å². The first-order valence-corrected chi connectivity index (χ1v) is 8.18. The van der Waals surface area contributed by atoms with Gasteiger partial charge in [-0.15, -0.1) is 0 Å². The number of morpholine rings is 1. The van der Waals surface area contributed by atoms with Gasteiger partial charge >= 0.3 is 0 Å². The Bertz CT molecular complexity index is 791. The predicted octanol–water partition coefficient (Wildman–Crippen LogP) is 2.32. The second-order valence-electron chi connectivity index (χ2n) is 5.84. The third-order valence-corrected chi connectivity index (χ3v) is 4.09. The van der Waals surface area contributed by atoms with Gasteiger partial charge in [-0.25, -0.2) is 0 Å². The number of nitrogens with two attached hydrogens (primary N) is 1. The molecule has 25 heavy (non-hydrogen) atoms. The molecule has 0 aromatic heterocycles. The fourth-order valence-corrected chi connectivity index (χ4v) is 2.75. The van der Waals surface area contributed by atoms with Crippen LogP contribution in [0.3, 0.4) is 0 Å². The number of amides is 2. The van der Waals surface area contributed by atoms with Crippen molar-refractivity contribution in [3.05, 3.63) is 65.7 Å². The second-order valence-corrected chi connectivity index (χ2v) is 5.84. The SMILES string of the molecule is NC(=O)C=Cc1cccc(-c2ccc(C(=O)N3CCOCC3)cc2)c1. The minimum Gasteiger partial charge on any atom is -0.378 e. The highest BCUT2D eigenvalue weighted by atomic mass is 16.5. The zero-order valence-corrected chi connectivity index (χ0v) is 13.9. The Hall–Kier alpha value is -2.92. The van der Waals surface area contributed by atoms with Gasteiger partial charge in [0.2, 0.25) is 5.91 Å². The summed E-state index contributed by atoms with van der Waals surface area (Å²) in [7, 11) is 0. The summed E-state index contributed by atoms with van der Waals surface area (Å²) in [5, 5.41) is 0. The Kier molecular flexibility index (Phi) is 5.26. The molecule has 0 spiro atoms. The van der Waals surface area contributed by atoms with Crippen LogP contribution in [-0.4, -0.2) is 43.0 Å². The van der Waals surface area contributed by atoms with E-state index in [4.69, 9.17) is 10.5 Å². The summed E-state index contributed by atoms with van der Waals surface area (Å²) < 4.78 is 5.28. The van der Waals surface area contributed by atoms with Crippen molar-refractivity contribution in [2.24, 2.45) is 5.73 Å². The summed E-state index contributed by atoms with van der Waals surface area (Å²) in [6.07, 6.45) is 3.02. The lowest BCUT2D eigenvalue weighted by Crippen LogP contribution is -2.40. The molecule has 1 saturated heterocycles. The van der Waals surface area contributed by atoms with Gasteiger partial charge in [0, 0.05) is 24.7 Å². The van der Waals surface area contributed by atoms with Crippen molar-refractivity contribution < 1.29 is 14.3 Å². The Labute approximate surface area is 146 Å². The fourth-order valence-electron chi connectivity index (χ4n) is 2.75. The number of carbonyl (C=O) groups excluding carboxylic acids is 2. The number of ether oxygens (including phenoxy) is 1. The summed E-state index contributed by atoms with van der Waals surface area (Å²) in [5.74, 6) is -0.440. The molecule has 2 aromatic rings. The Morgan fingerprint density at radius 2 is 1.72 bits per heavy atom. The van der Waals surface area contributed by atoms with E-state index in [2.05, 4.69) is 0 Å². The first kappa shape index (κ1) is 16.9. The molecule has 0 unspecified atom stereocenters. The standard InChI is InChI=1S/C20H20N2O3/c21-19(23)9-4-15-2-1-3-18(14-15)16-5-7-17(8-6-16)20(24)22-10-12-25-13-11-22/h1-9,14H,10-13H2,(H2,21,23). The molecule has 1 aliphatic heterocycles. The second kappa shape index (κ2) is 7.77. The molecule has 2 N–H and O–H groups in total. The van der Waals surface area contributed by atoms with Crippen molar-refractivity contribution in [1.82, 2.24) is 4.90 Å². The molecule has 2 aromatic carbocycles. The number of nitrogens with zero attached hydrogens (tertiary/aromatic N) is 1. The van der Waals surface area contributed by atoms with Gasteiger partial charge in [0.25, 0.3) is 5.91 Å². The van der Waals surface area contributed by atoms with Crippen LogP contribution in [0.25, 0.3) is 17.2 Å². The molecule has 5 nitrogen and oxygen atoms in total. The number of hydrogen-bond donors (Lipinski definition) is 1. The molecule has 1 heterocycles. The van der Waals surface area contributed by atoms with E-state index in [0.717, 1.165) is 16.7 Å². The zero-order chi connectivity index (χ0) is 17.6. The molecule has 1 fully saturated rings. The van der Waals surface area contributed by atoms with Crippen LogP contribution in [0.5, 0.6) is 0 Å². The van der Waals surface area contributed by atoms with Gasteiger partial charge in [0.15, 0.2) is 0 Å². The maximum absolute atomic E-state index is 12.5. The predicted molar refractivity (Wildman–Crippen MR) is 96.8 cm³/mol. The van der Waals surface area contributed by atoms with Gasteiger partial charge in [-0.1, -0.05) is 30.3 Å². The lowest BCUT2D eigenvalue weighted by Gasteiger charge is -2.26. The topological polar surface area (TPSA) is 72.6 Å². The smallest absolute Gasteiger partial charge is 0.254 e. The normalized spacial score (nSPS) is 14.6. The molecule has 0 saturated carbocycles. The number of benzene rings is 2. The first-order chi connectivity index (χ1) is 12.1. The Morgan fingerprint density at radius 1 is 1.00 bits per heavy atom. The number of primary amides is 1. The van der Waals surface area contributed by atoms with Crippen molar-refractivity contribution in [3.63, 3.8) is 0 Å². The zero-order valence-electron chi connectivity index (χ0n) is 13.9. The van der Waals surface area contributed by atoms with E-state index in [1.54, 1.807) is 6.08 Å². The van der Waals surface area contributed by atoms with E-state index >= 15 is 0 Å². The van der Waals surface area contributed by atoms with E-state index in [1.807, 2.05) is 53.4 Å². The highest BCUT2D eigenvalue weighted by Crippen LogP contribution is 2.22. The van der Waals surface area contributed by atoms with E-state index in [9.17, 15) is 9.59 Å². The monoisotopic (exact) mass is 336 g/mol. The third-order valence-electron chi connectivity index (χ3n) is 4.09. The van der Waals surface area contributed by atoms with Crippen molar-refractivity contribution in [2.75, 3.05) is 26.3 Å². The van der Waals surface area contributed by atoms with E-state index in [-0.39, 0.29) is 5.91 Å². The molecule has 3 rings (SSSR count). The minimum atomic E-state index is -0.476. The summed E-state index contributed by atoms with van der Waals surface area (Å²) in [6.45, 7) is 2.45. The van der Waals surface area contributed by atoms with Gasteiger partial charge < -0.3 is 15.4 Å². The lowest BCUT2D eigenvalue weighted by atomic mass is 10.0. The highest BCUT2D eigenvalue weighted by molar-refractivity contribution is 5.95. The third kappa shape index (κ3) is 4.33. The molecular weight excluding hydrogens is 316 g/mol. The highest BCUT2D eigenvalue weighted by Gasteiger charge is 2.18. The number of hydrogen-bond acceptors (Lipinski definition) is 3. The fraction of sp³-hybridized carbons (Fsp3) is 0.200. The van der Waals surface area contributed by atoms with Crippen LogP contribution in [0.15, 0.2) is 54.6 Å². The van der Waals surface area contributed by atoms with Gasteiger partial charge in [0.1, 0.15) is 0 Å². The summed E-state index contributed by atoms with van der Waals surface area (Å²) >= 11 is 0. The number of rotatable bonds is 4. The summed E-state index contributed by atoms with van der Waals surface area (Å²) in [5.41, 5.74) is 8.71. The molecule has 0 bridgehead atoms. The van der Waals surface area contributed by atoms with Crippen molar-refractivity contribution in [1.29, 1.82) is 0 Å². The van der Waals surface area contributed by atoms with E-state index in [0.29, 0.717) is 31.9 Å². The van der Waals surface area contributed by atoms with Gasteiger partial charge in [-0.2, -0.15) is 0 Å². The van der Waals surface area contributed by atoms with Crippen LogP contribution < -0.4 is 5.73 Å². The molecular formula is C20H20N2O3. The largest absolute Gasteiger partial charge is 0.378 e. The molecule has 128 valence electrons.